The number of halogens is 1. The molecule has 86 valence electrons. The molecule has 1 saturated carbocycles. The molecule has 2 N–H and O–H groups in total. The van der Waals surface area contributed by atoms with Crippen LogP contribution >= 0.6 is 11.6 Å². The Labute approximate surface area is 101 Å². The van der Waals surface area contributed by atoms with Crippen molar-refractivity contribution >= 4 is 17.7 Å². The van der Waals surface area contributed by atoms with Gasteiger partial charge in [0.25, 0.3) is 0 Å². The monoisotopic (exact) mass is 237 g/mol. The molecule has 1 fully saturated rings. The molecule has 1 aromatic carbocycles. The fraction of sp³-hybridized carbons (Fsp3) is 0.385. The van der Waals surface area contributed by atoms with Crippen molar-refractivity contribution < 1.29 is 4.74 Å². The van der Waals surface area contributed by atoms with Crippen molar-refractivity contribution in [2.24, 2.45) is 11.7 Å². The van der Waals surface area contributed by atoms with Crippen LogP contribution in [-0.2, 0) is 0 Å². The van der Waals surface area contributed by atoms with Crippen molar-refractivity contribution in [1.29, 1.82) is 0 Å². The minimum absolute atomic E-state index is 0.539. The van der Waals surface area contributed by atoms with E-state index in [0.29, 0.717) is 11.6 Å². The van der Waals surface area contributed by atoms with Crippen molar-refractivity contribution in [2.75, 3.05) is 13.2 Å². The predicted octanol–water partition coefficient (Wildman–Crippen LogP) is 3.10. The van der Waals surface area contributed by atoms with Gasteiger partial charge in [0, 0.05) is 6.54 Å². The lowest BCUT2D eigenvalue weighted by atomic mass is 10.2. The Bertz CT molecular complexity index is 386. The van der Waals surface area contributed by atoms with Gasteiger partial charge in [0.1, 0.15) is 5.75 Å². The van der Waals surface area contributed by atoms with E-state index in [0.717, 1.165) is 23.8 Å². The van der Waals surface area contributed by atoms with Crippen LogP contribution in [0.5, 0.6) is 5.75 Å². The molecule has 1 aliphatic carbocycles. The lowest BCUT2D eigenvalue weighted by Gasteiger charge is -2.07. The number of benzene rings is 1. The van der Waals surface area contributed by atoms with Gasteiger partial charge in [-0.2, -0.15) is 0 Å². The van der Waals surface area contributed by atoms with Gasteiger partial charge in [0.15, 0.2) is 0 Å². The fourth-order valence-electron chi connectivity index (χ4n) is 1.43. The summed E-state index contributed by atoms with van der Waals surface area (Å²) < 4.78 is 5.64. The first-order valence-corrected chi connectivity index (χ1v) is 5.96. The van der Waals surface area contributed by atoms with Crippen LogP contribution in [-0.4, -0.2) is 13.2 Å². The maximum atomic E-state index is 6.12. The van der Waals surface area contributed by atoms with E-state index in [1.165, 1.54) is 12.8 Å². The Hall–Kier alpha value is -0.990. The molecular weight excluding hydrogens is 222 g/mol. The molecule has 2 nitrogen and oxygen atoms in total. The summed E-state index contributed by atoms with van der Waals surface area (Å²) >= 11 is 6.12. The van der Waals surface area contributed by atoms with Crippen LogP contribution in [0.25, 0.3) is 6.08 Å². The van der Waals surface area contributed by atoms with Gasteiger partial charge in [-0.05, 0) is 36.5 Å². The number of hydrogen-bond acceptors (Lipinski definition) is 2. The highest BCUT2D eigenvalue weighted by molar-refractivity contribution is 6.32. The molecule has 0 atom stereocenters. The van der Waals surface area contributed by atoms with E-state index in [1.54, 1.807) is 0 Å². The first kappa shape index (κ1) is 11.5. The first-order chi connectivity index (χ1) is 7.79. The van der Waals surface area contributed by atoms with Gasteiger partial charge in [-0.3, -0.25) is 0 Å². The summed E-state index contributed by atoms with van der Waals surface area (Å²) in [5, 5.41) is 0.667. The first-order valence-electron chi connectivity index (χ1n) is 5.58. The number of hydrogen-bond donors (Lipinski definition) is 1. The Morgan fingerprint density at radius 1 is 1.44 bits per heavy atom. The summed E-state index contributed by atoms with van der Waals surface area (Å²) in [6.45, 7) is 1.33. The number of rotatable bonds is 5. The molecule has 1 aliphatic rings. The standard InChI is InChI=1S/C13H16ClNO/c14-12-8-10(2-1-7-15)5-6-13(12)16-9-11-3-4-11/h1-2,5-6,8,11H,3-4,7,9,15H2/b2-1+. The molecular formula is C13H16ClNO. The average molecular weight is 238 g/mol. The van der Waals surface area contributed by atoms with Crippen molar-refractivity contribution in [3.8, 4) is 5.75 Å². The third kappa shape index (κ3) is 3.26. The molecule has 3 heteroatoms. The van der Waals surface area contributed by atoms with Crippen molar-refractivity contribution in [3.63, 3.8) is 0 Å². The Balaban J connectivity index is 2.00. The predicted molar refractivity (Wildman–Crippen MR) is 67.8 cm³/mol. The van der Waals surface area contributed by atoms with Crippen LogP contribution in [0, 0.1) is 5.92 Å². The normalized spacial score (nSPS) is 15.6. The smallest absolute Gasteiger partial charge is 0.137 e. The zero-order chi connectivity index (χ0) is 11.4. The van der Waals surface area contributed by atoms with Crippen LogP contribution in [0.1, 0.15) is 18.4 Å². The topological polar surface area (TPSA) is 35.2 Å². The molecule has 0 saturated heterocycles. The van der Waals surface area contributed by atoms with Gasteiger partial charge in [-0.1, -0.05) is 29.8 Å². The Kier molecular flexibility index (Phi) is 3.86. The van der Waals surface area contributed by atoms with Crippen molar-refractivity contribution in [1.82, 2.24) is 0 Å². The lowest BCUT2D eigenvalue weighted by molar-refractivity contribution is 0.300. The minimum atomic E-state index is 0.539. The second kappa shape index (κ2) is 5.37. The van der Waals surface area contributed by atoms with Crippen LogP contribution in [0.4, 0.5) is 0 Å². The zero-order valence-electron chi connectivity index (χ0n) is 9.16. The average Bonchev–Trinajstić information content (AvgIpc) is 3.09. The Morgan fingerprint density at radius 3 is 2.88 bits per heavy atom. The molecule has 16 heavy (non-hydrogen) atoms. The maximum Gasteiger partial charge on any atom is 0.137 e. The van der Waals surface area contributed by atoms with E-state index >= 15 is 0 Å². The lowest BCUT2D eigenvalue weighted by Crippen LogP contribution is -1.99. The molecule has 0 heterocycles. The molecule has 0 spiro atoms. The highest BCUT2D eigenvalue weighted by Crippen LogP contribution is 2.32. The van der Waals surface area contributed by atoms with Gasteiger partial charge in [0.2, 0.25) is 0 Å². The van der Waals surface area contributed by atoms with Gasteiger partial charge >= 0.3 is 0 Å². The van der Waals surface area contributed by atoms with Crippen LogP contribution in [0.15, 0.2) is 24.3 Å². The van der Waals surface area contributed by atoms with Crippen LogP contribution in [0.2, 0.25) is 5.02 Å². The van der Waals surface area contributed by atoms with Crippen molar-refractivity contribution in [2.45, 2.75) is 12.8 Å². The molecule has 0 aliphatic heterocycles. The van der Waals surface area contributed by atoms with Crippen LogP contribution in [0.3, 0.4) is 0 Å². The van der Waals surface area contributed by atoms with Crippen molar-refractivity contribution in [3.05, 3.63) is 34.9 Å². The molecule has 0 radical (unpaired) electrons. The third-order valence-corrected chi connectivity index (χ3v) is 2.87. The maximum absolute atomic E-state index is 6.12. The fourth-order valence-corrected chi connectivity index (χ4v) is 1.68. The minimum Gasteiger partial charge on any atom is -0.492 e. The summed E-state index contributed by atoms with van der Waals surface area (Å²) in [6.07, 6.45) is 6.43. The van der Waals surface area contributed by atoms with Gasteiger partial charge in [0.05, 0.1) is 11.6 Å². The van der Waals surface area contributed by atoms with Gasteiger partial charge in [-0.25, -0.2) is 0 Å². The van der Waals surface area contributed by atoms with Gasteiger partial charge < -0.3 is 10.5 Å². The summed E-state index contributed by atoms with van der Waals surface area (Å²) in [7, 11) is 0. The van der Waals surface area contributed by atoms with E-state index in [9.17, 15) is 0 Å². The zero-order valence-corrected chi connectivity index (χ0v) is 9.91. The molecule has 0 aromatic heterocycles. The highest BCUT2D eigenvalue weighted by atomic mass is 35.5. The van der Waals surface area contributed by atoms with E-state index in [2.05, 4.69) is 0 Å². The largest absolute Gasteiger partial charge is 0.492 e. The van der Waals surface area contributed by atoms with E-state index in [-0.39, 0.29) is 0 Å². The summed E-state index contributed by atoms with van der Waals surface area (Å²) in [4.78, 5) is 0. The second-order valence-corrected chi connectivity index (χ2v) is 4.49. The number of nitrogens with two attached hydrogens (primary N) is 1. The van der Waals surface area contributed by atoms with E-state index in [1.807, 2.05) is 30.4 Å². The molecule has 0 bridgehead atoms. The SMILES string of the molecule is NC/C=C/c1ccc(OCC2CC2)c(Cl)c1. The summed E-state index contributed by atoms with van der Waals surface area (Å²) in [5.41, 5.74) is 6.44. The second-order valence-electron chi connectivity index (χ2n) is 4.08. The summed E-state index contributed by atoms with van der Waals surface area (Å²) in [6, 6.07) is 5.80. The molecule has 0 unspecified atom stereocenters. The van der Waals surface area contributed by atoms with E-state index in [4.69, 9.17) is 22.1 Å². The number of ether oxygens (including phenoxy) is 1. The summed E-state index contributed by atoms with van der Waals surface area (Å²) in [5.74, 6) is 1.52. The Morgan fingerprint density at radius 2 is 2.25 bits per heavy atom. The quantitative estimate of drug-likeness (QED) is 0.854. The van der Waals surface area contributed by atoms with E-state index < -0.39 is 0 Å². The van der Waals surface area contributed by atoms with Gasteiger partial charge in [-0.15, -0.1) is 0 Å². The van der Waals surface area contributed by atoms with Crippen LogP contribution < -0.4 is 10.5 Å². The third-order valence-electron chi connectivity index (χ3n) is 2.57. The molecule has 1 aromatic rings. The molecule has 2 rings (SSSR count). The molecule has 0 amide bonds. The highest BCUT2D eigenvalue weighted by Gasteiger charge is 2.22.